The molecular formula is C11H13BrClNO2S2. The summed E-state index contributed by atoms with van der Waals surface area (Å²) in [4.78, 5) is 0.289. The third-order valence-corrected chi connectivity index (χ3v) is 7.22. The average molecular weight is 371 g/mol. The number of hydrogen-bond donors (Lipinski definition) is 0. The molecule has 100 valence electrons. The van der Waals surface area contributed by atoms with E-state index in [-0.39, 0.29) is 10.9 Å². The highest BCUT2D eigenvalue weighted by Gasteiger charge is 2.31. The van der Waals surface area contributed by atoms with Crippen LogP contribution in [0.25, 0.3) is 0 Å². The van der Waals surface area contributed by atoms with Crippen LogP contribution in [0.2, 0.25) is 5.02 Å². The topological polar surface area (TPSA) is 37.4 Å². The Hall–Kier alpha value is 0.250. The second-order valence-corrected chi connectivity index (χ2v) is 8.42. The quantitative estimate of drug-likeness (QED) is 0.802. The molecule has 1 aromatic rings. The van der Waals surface area contributed by atoms with E-state index in [4.69, 9.17) is 11.6 Å². The summed E-state index contributed by atoms with van der Waals surface area (Å²) >= 11 is 10.9. The van der Waals surface area contributed by atoms with E-state index in [1.165, 1.54) is 0 Å². The van der Waals surface area contributed by atoms with Gasteiger partial charge in [0, 0.05) is 28.6 Å². The highest BCUT2D eigenvalue weighted by Crippen LogP contribution is 2.29. The molecule has 1 heterocycles. The van der Waals surface area contributed by atoms with Gasteiger partial charge in [0.2, 0.25) is 10.0 Å². The molecule has 0 spiro atoms. The number of nitrogens with zero attached hydrogens (tertiary/aromatic N) is 1. The van der Waals surface area contributed by atoms with Gasteiger partial charge in [-0.05, 0) is 41.1 Å². The molecule has 0 bridgehead atoms. The summed E-state index contributed by atoms with van der Waals surface area (Å²) in [6.45, 7) is 2.50. The molecule has 1 fully saturated rings. The number of benzene rings is 1. The molecule has 1 aliphatic heterocycles. The van der Waals surface area contributed by atoms with Gasteiger partial charge in [-0.3, -0.25) is 0 Å². The van der Waals surface area contributed by atoms with E-state index in [1.807, 2.05) is 6.92 Å². The lowest BCUT2D eigenvalue weighted by atomic mass is 10.4. The van der Waals surface area contributed by atoms with Crippen molar-refractivity contribution in [2.75, 3.05) is 18.1 Å². The van der Waals surface area contributed by atoms with Crippen molar-refractivity contribution in [2.45, 2.75) is 17.9 Å². The van der Waals surface area contributed by atoms with E-state index in [2.05, 4.69) is 15.9 Å². The standard InChI is InChI=1S/C11H13BrClNO2S2/c1-8-7-17-5-4-14(8)18(15,16)9-2-3-11(13)10(12)6-9/h2-3,6,8H,4-5,7H2,1H3. The Morgan fingerprint density at radius 2 is 2.22 bits per heavy atom. The van der Waals surface area contributed by atoms with Crippen LogP contribution in [0, 0.1) is 0 Å². The van der Waals surface area contributed by atoms with Gasteiger partial charge < -0.3 is 0 Å². The lowest BCUT2D eigenvalue weighted by Gasteiger charge is -2.32. The predicted molar refractivity (Wildman–Crippen MR) is 79.8 cm³/mol. The number of sulfonamides is 1. The smallest absolute Gasteiger partial charge is 0.207 e. The number of hydrogen-bond acceptors (Lipinski definition) is 3. The first-order valence-electron chi connectivity index (χ1n) is 5.47. The van der Waals surface area contributed by atoms with Crippen molar-refractivity contribution in [1.82, 2.24) is 4.31 Å². The normalized spacial score (nSPS) is 22.1. The minimum atomic E-state index is -3.42. The molecule has 7 heteroatoms. The third kappa shape index (κ3) is 2.88. The van der Waals surface area contributed by atoms with Gasteiger partial charge in [0.1, 0.15) is 0 Å². The van der Waals surface area contributed by atoms with Crippen molar-refractivity contribution in [3.63, 3.8) is 0 Å². The van der Waals surface area contributed by atoms with Crippen molar-refractivity contribution in [2.24, 2.45) is 0 Å². The molecule has 0 N–H and O–H groups in total. The number of rotatable bonds is 2. The minimum absolute atomic E-state index is 0.0307. The van der Waals surface area contributed by atoms with Crippen LogP contribution < -0.4 is 0 Å². The first kappa shape index (κ1) is 14.7. The first-order valence-corrected chi connectivity index (χ1v) is 9.24. The maximum absolute atomic E-state index is 12.5. The predicted octanol–water partition coefficient (Wildman–Crippen LogP) is 3.23. The van der Waals surface area contributed by atoms with Crippen LogP contribution in [-0.4, -0.2) is 36.8 Å². The molecule has 0 saturated carbocycles. The summed E-state index contributed by atoms with van der Waals surface area (Å²) in [7, 11) is -3.42. The van der Waals surface area contributed by atoms with Gasteiger partial charge in [0.15, 0.2) is 0 Å². The fourth-order valence-electron chi connectivity index (χ4n) is 1.84. The van der Waals surface area contributed by atoms with Gasteiger partial charge in [-0.1, -0.05) is 11.6 Å². The van der Waals surface area contributed by atoms with Gasteiger partial charge >= 0.3 is 0 Å². The Bertz CT molecular complexity index is 550. The molecule has 1 saturated heterocycles. The second kappa shape index (κ2) is 5.71. The number of halogens is 2. The average Bonchev–Trinajstić information content (AvgIpc) is 2.33. The highest BCUT2D eigenvalue weighted by atomic mass is 79.9. The first-order chi connectivity index (χ1) is 8.43. The molecule has 1 atom stereocenters. The summed E-state index contributed by atoms with van der Waals surface area (Å²) in [5.74, 6) is 1.69. The Kier molecular flexibility index (Phi) is 4.65. The SMILES string of the molecule is CC1CSCCN1S(=O)(=O)c1ccc(Cl)c(Br)c1. The van der Waals surface area contributed by atoms with Crippen LogP contribution in [0.4, 0.5) is 0 Å². The van der Waals surface area contributed by atoms with E-state index in [0.29, 0.717) is 16.0 Å². The zero-order chi connectivity index (χ0) is 13.3. The van der Waals surface area contributed by atoms with Crippen molar-refractivity contribution in [1.29, 1.82) is 0 Å². The lowest BCUT2D eigenvalue weighted by molar-refractivity contribution is 0.367. The van der Waals surface area contributed by atoms with Gasteiger partial charge in [-0.25, -0.2) is 8.42 Å². The van der Waals surface area contributed by atoms with Crippen LogP contribution in [0.15, 0.2) is 27.6 Å². The highest BCUT2D eigenvalue weighted by molar-refractivity contribution is 9.10. The second-order valence-electron chi connectivity index (χ2n) is 4.12. The van der Waals surface area contributed by atoms with Gasteiger partial charge in [-0.15, -0.1) is 0 Å². The van der Waals surface area contributed by atoms with Crippen LogP contribution >= 0.6 is 39.3 Å². The van der Waals surface area contributed by atoms with E-state index in [0.717, 1.165) is 11.5 Å². The zero-order valence-corrected chi connectivity index (χ0v) is 13.7. The van der Waals surface area contributed by atoms with E-state index >= 15 is 0 Å². The Labute approximate surface area is 125 Å². The van der Waals surface area contributed by atoms with Crippen molar-refractivity contribution in [3.05, 3.63) is 27.7 Å². The summed E-state index contributed by atoms with van der Waals surface area (Å²) < 4.78 is 27.2. The van der Waals surface area contributed by atoms with Crippen molar-refractivity contribution < 1.29 is 8.42 Å². The molecular weight excluding hydrogens is 358 g/mol. The molecule has 1 unspecified atom stereocenters. The van der Waals surface area contributed by atoms with Gasteiger partial charge in [0.05, 0.1) is 9.92 Å². The molecule has 3 nitrogen and oxygen atoms in total. The zero-order valence-electron chi connectivity index (χ0n) is 9.77. The Morgan fingerprint density at radius 3 is 2.83 bits per heavy atom. The summed E-state index contributed by atoms with van der Waals surface area (Å²) in [6.07, 6.45) is 0. The molecule has 0 aromatic heterocycles. The van der Waals surface area contributed by atoms with Crippen LogP contribution in [-0.2, 0) is 10.0 Å². The molecule has 1 aromatic carbocycles. The molecule has 18 heavy (non-hydrogen) atoms. The Morgan fingerprint density at radius 1 is 1.50 bits per heavy atom. The lowest BCUT2D eigenvalue weighted by Crippen LogP contribution is -2.44. The summed E-state index contributed by atoms with van der Waals surface area (Å²) in [5.41, 5.74) is 0. The molecule has 0 aliphatic carbocycles. The molecule has 1 aliphatic rings. The van der Waals surface area contributed by atoms with Crippen molar-refractivity contribution >= 4 is 49.3 Å². The maximum atomic E-state index is 12.5. The monoisotopic (exact) mass is 369 g/mol. The number of thioether (sulfide) groups is 1. The fraction of sp³-hybridized carbons (Fsp3) is 0.455. The molecule has 0 amide bonds. The van der Waals surface area contributed by atoms with Crippen LogP contribution in [0.5, 0.6) is 0 Å². The Balaban J connectivity index is 2.37. The van der Waals surface area contributed by atoms with Crippen molar-refractivity contribution in [3.8, 4) is 0 Å². The summed E-state index contributed by atoms with van der Waals surface area (Å²) in [6, 6.07) is 4.74. The minimum Gasteiger partial charge on any atom is -0.207 e. The van der Waals surface area contributed by atoms with E-state index < -0.39 is 10.0 Å². The van der Waals surface area contributed by atoms with Gasteiger partial charge in [-0.2, -0.15) is 16.1 Å². The fourth-order valence-corrected chi connectivity index (χ4v) is 5.37. The van der Waals surface area contributed by atoms with Crippen LogP contribution in [0.3, 0.4) is 0 Å². The third-order valence-electron chi connectivity index (χ3n) is 2.80. The summed E-state index contributed by atoms with van der Waals surface area (Å²) in [5, 5.41) is 0.510. The van der Waals surface area contributed by atoms with E-state index in [1.54, 1.807) is 34.3 Å². The maximum Gasteiger partial charge on any atom is 0.243 e. The van der Waals surface area contributed by atoms with E-state index in [9.17, 15) is 8.42 Å². The molecule has 2 rings (SSSR count). The van der Waals surface area contributed by atoms with Crippen LogP contribution in [0.1, 0.15) is 6.92 Å². The van der Waals surface area contributed by atoms with Gasteiger partial charge in [0.25, 0.3) is 0 Å². The molecule has 0 radical (unpaired) electrons. The largest absolute Gasteiger partial charge is 0.243 e.